The zero-order valence-corrected chi connectivity index (χ0v) is 19.7. The lowest BCUT2D eigenvalue weighted by Gasteiger charge is -2.18. The van der Waals surface area contributed by atoms with Crippen LogP contribution in [0.5, 0.6) is 5.75 Å². The maximum atomic E-state index is 14.0. The third-order valence-corrected chi connectivity index (χ3v) is 6.31. The fraction of sp³-hybridized carbons (Fsp3) is 0.300. The number of halogens is 1. The lowest BCUT2D eigenvalue weighted by Crippen LogP contribution is -2.13. The predicted molar refractivity (Wildman–Crippen MR) is 121 cm³/mol. The molecule has 0 aliphatic rings. The van der Waals surface area contributed by atoms with Gasteiger partial charge in [0, 0.05) is 6.54 Å². The van der Waals surface area contributed by atoms with Gasteiger partial charge in [-0.3, -0.25) is 18.9 Å². The van der Waals surface area contributed by atoms with E-state index in [-0.39, 0.29) is 48.4 Å². The Balaban J connectivity index is 1.40. The quantitative estimate of drug-likeness (QED) is 0.203. The summed E-state index contributed by atoms with van der Waals surface area (Å²) in [5.41, 5.74) is 5.83. The van der Waals surface area contributed by atoms with Gasteiger partial charge in [0.15, 0.2) is 28.5 Å². The standard InChI is InChI=1S/C20H21FN5O9P/c1-30-15-3-2-12(6-14(15)21)7-33-36(29,34-9-13-8-32-20(28)35-13)11-31-5-4-26-10-23-16-17(26)24-19(22)25-18(16)27/h2-3,6,8,10H,4-5,7,9,11H2,1H3,(H3,22,24,25,27). The number of methoxy groups -OCH3 is 1. The van der Waals surface area contributed by atoms with E-state index in [4.69, 9.17) is 28.7 Å². The first-order valence-electron chi connectivity index (χ1n) is 10.3. The minimum absolute atomic E-state index is 0.00844. The molecule has 4 rings (SSSR count). The molecule has 16 heteroatoms. The molecule has 3 aromatic heterocycles. The van der Waals surface area contributed by atoms with Crippen LogP contribution in [0.25, 0.3) is 11.2 Å². The summed E-state index contributed by atoms with van der Waals surface area (Å²) in [6.07, 6.45) is 1.91. The fourth-order valence-electron chi connectivity index (χ4n) is 3.05. The van der Waals surface area contributed by atoms with Gasteiger partial charge in [0.1, 0.15) is 19.2 Å². The van der Waals surface area contributed by atoms with E-state index in [0.29, 0.717) is 5.56 Å². The van der Waals surface area contributed by atoms with Crippen LogP contribution in [-0.2, 0) is 38.1 Å². The number of hydrogen-bond acceptors (Lipinski definition) is 12. The molecule has 1 unspecified atom stereocenters. The van der Waals surface area contributed by atoms with E-state index in [9.17, 15) is 18.5 Å². The van der Waals surface area contributed by atoms with Crippen LogP contribution in [0.15, 0.2) is 49.2 Å². The Hall–Kier alpha value is -3.78. The van der Waals surface area contributed by atoms with Crippen LogP contribution in [0, 0.1) is 5.82 Å². The molecule has 0 saturated carbocycles. The molecule has 1 aromatic carbocycles. The van der Waals surface area contributed by atoms with Crippen LogP contribution >= 0.6 is 7.60 Å². The highest BCUT2D eigenvalue weighted by Crippen LogP contribution is 2.49. The zero-order chi connectivity index (χ0) is 25.7. The Bertz CT molecular complexity index is 1510. The van der Waals surface area contributed by atoms with Crippen molar-refractivity contribution in [3.05, 3.63) is 68.9 Å². The molecule has 36 heavy (non-hydrogen) atoms. The number of H-pyrrole nitrogens is 1. The van der Waals surface area contributed by atoms with Gasteiger partial charge in [0.25, 0.3) is 5.56 Å². The maximum Gasteiger partial charge on any atom is 0.518 e. The minimum Gasteiger partial charge on any atom is -0.494 e. The highest BCUT2D eigenvalue weighted by atomic mass is 31.2. The van der Waals surface area contributed by atoms with Crippen molar-refractivity contribution in [2.45, 2.75) is 19.8 Å². The SMILES string of the molecule is COc1ccc(COP(=O)(COCCn2cnc3c(=O)[nH]c(N)nc32)OCc2coc(=O)o2)cc1F. The summed E-state index contributed by atoms with van der Waals surface area (Å²) in [5.74, 6) is -1.61. The van der Waals surface area contributed by atoms with E-state index in [2.05, 4.69) is 19.4 Å². The topological polar surface area (TPSA) is 187 Å². The number of benzene rings is 1. The molecule has 4 aromatic rings. The summed E-state index contributed by atoms with van der Waals surface area (Å²) in [6.45, 7) is -0.475. The number of nitrogens with two attached hydrogens (primary N) is 1. The van der Waals surface area contributed by atoms with Crippen molar-refractivity contribution in [2.75, 3.05) is 25.8 Å². The lowest BCUT2D eigenvalue weighted by molar-refractivity contribution is 0.114. The molecule has 0 spiro atoms. The van der Waals surface area contributed by atoms with Gasteiger partial charge < -0.3 is 33.1 Å². The largest absolute Gasteiger partial charge is 0.518 e. The van der Waals surface area contributed by atoms with Crippen LogP contribution in [0.1, 0.15) is 11.3 Å². The summed E-state index contributed by atoms with van der Waals surface area (Å²) in [7, 11) is -2.61. The van der Waals surface area contributed by atoms with E-state index in [1.165, 1.54) is 36.2 Å². The molecule has 0 saturated heterocycles. The molecule has 0 amide bonds. The fourth-order valence-corrected chi connectivity index (χ4v) is 4.30. The Morgan fingerprint density at radius 2 is 2.06 bits per heavy atom. The number of fused-ring (bicyclic) bond motifs is 1. The highest BCUT2D eigenvalue weighted by Gasteiger charge is 2.27. The lowest BCUT2D eigenvalue weighted by atomic mass is 10.2. The van der Waals surface area contributed by atoms with Gasteiger partial charge in [0.05, 0.1) is 26.7 Å². The molecule has 0 radical (unpaired) electrons. The first kappa shape index (κ1) is 25.3. The van der Waals surface area contributed by atoms with Gasteiger partial charge in [-0.05, 0) is 17.7 Å². The number of aromatic nitrogens is 4. The Morgan fingerprint density at radius 1 is 1.25 bits per heavy atom. The number of hydrogen-bond donors (Lipinski definition) is 2. The number of nitrogens with one attached hydrogen (secondary N) is 1. The number of nitrogens with zero attached hydrogens (tertiary/aromatic N) is 3. The van der Waals surface area contributed by atoms with Gasteiger partial charge in [-0.1, -0.05) is 6.07 Å². The molecule has 3 heterocycles. The van der Waals surface area contributed by atoms with Crippen molar-refractivity contribution in [1.29, 1.82) is 0 Å². The highest BCUT2D eigenvalue weighted by molar-refractivity contribution is 7.53. The van der Waals surface area contributed by atoms with Crippen LogP contribution < -0.4 is 21.9 Å². The molecule has 0 aliphatic heterocycles. The Morgan fingerprint density at radius 3 is 2.78 bits per heavy atom. The number of ether oxygens (including phenoxy) is 2. The average Bonchev–Trinajstić information content (AvgIpc) is 3.45. The second-order valence-corrected chi connectivity index (χ2v) is 9.28. The van der Waals surface area contributed by atoms with E-state index in [0.717, 1.165) is 6.26 Å². The van der Waals surface area contributed by atoms with E-state index in [1.54, 1.807) is 0 Å². The Labute approximate surface area is 201 Å². The first-order valence-corrected chi connectivity index (χ1v) is 12.1. The third-order valence-electron chi connectivity index (χ3n) is 4.77. The molecule has 0 fully saturated rings. The van der Waals surface area contributed by atoms with E-state index >= 15 is 0 Å². The summed E-state index contributed by atoms with van der Waals surface area (Å²) in [6, 6.07) is 4.11. The van der Waals surface area contributed by atoms with Crippen LogP contribution in [0.2, 0.25) is 0 Å². The summed E-state index contributed by atoms with van der Waals surface area (Å²) >= 11 is 0. The number of nitrogen functional groups attached to an aromatic ring is 1. The number of rotatable bonds is 12. The third kappa shape index (κ3) is 6.07. The smallest absolute Gasteiger partial charge is 0.494 e. The van der Waals surface area contributed by atoms with Gasteiger partial charge >= 0.3 is 13.4 Å². The maximum absolute atomic E-state index is 14.0. The molecular formula is C20H21FN5O9P. The monoisotopic (exact) mass is 525 g/mol. The van der Waals surface area contributed by atoms with Crippen molar-refractivity contribution in [3.63, 3.8) is 0 Å². The van der Waals surface area contributed by atoms with E-state index < -0.39 is 37.7 Å². The van der Waals surface area contributed by atoms with Crippen LogP contribution in [-0.4, -0.2) is 39.6 Å². The van der Waals surface area contributed by atoms with Crippen molar-refractivity contribution in [2.24, 2.45) is 0 Å². The van der Waals surface area contributed by atoms with Crippen molar-refractivity contribution in [3.8, 4) is 5.75 Å². The van der Waals surface area contributed by atoms with Crippen LogP contribution in [0.4, 0.5) is 10.3 Å². The first-order chi connectivity index (χ1) is 17.3. The van der Waals surface area contributed by atoms with Gasteiger partial charge in [0.2, 0.25) is 5.95 Å². The van der Waals surface area contributed by atoms with E-state index in [1.807, 2.05) is 0 Å². The zero-order valence-electron chi connectivity index (χ0n) is 18.8. The normalized spacial score (nSPS) is 13.2. The summed E-state index contributed by atoms with van der Waals surface area (Å²) in [4.78, 5) is 33.4. The molecule has 192 valence electrons. The second kappa shape index (κ2) is 10.9. The average molecular weight is 525 g/mol. The second-order valence-electron chi connectivity index (χ2n) is 7.28. The molecule has 0 bridgehead atoms. The predicted octanol–water partition coefficient (Wildman–Crippen LogP) is 2.00. The summed E-state index contributed by atoms with van der Waals surface area (Å²) in [5, 5.41) is 0. The number of anilines is 1. The van der Waals surface area contributed by atoms with Crippen LogP contribution in [0.3, 0.4) is 0 Å². The van der Waals surface area contributed by atoms with Gasteiger partial charge in [-0.15, -0.1) is 0 Å². The number of aromatic amines is 1. The summed E-state index contributed by atoms with van der Waals surface area (Å²) < 4.78 is 59.3. The molecular weight excluding hydrogens is 504 g/mol. The van der Waals surface area contributed by atoms with Crippen molar-refractivity contribution < 1.29 is 36.3 Å². The molecule has 1 atom stereocenters. The molecule has 0 aliphatic carbocycles. The number of imidazole rings is 1. The van der Waals surface area contributed by atoms with Gasteiger partial charge in [-0.25, -0.2) is 14.2 Å². The van der Waals surface area contributed by atoms with Crippen molar-refractivity contribution >= 4 is 24.7 Å². The van der Waals surface area contributed by atoms with Crippen molar-refractivity contribution in [1.82, 2.24) is 19.5 Å². The molecule has 14 nitrogen and oxygen atoms in total. The molecule has 3 N–H and O–H groups in total. The Kier molecular flexibility index (Phi) is 7.64. The van der Waals surface area contributed by atoms with Gasteiger partial charge in [-0.2, -0.15) is 4.98 Å². The minimum atomic E-state index is -3.94.